The molecule has 0 aliphatic heterocycles. The van der Waals surface area contributed by atoms with Gasteiger partial charge in [-0.3, -0.25) is 0 Å². The Balaban J connectivity index is 1.32. The van der Waals surface area contributed by atoms with Gasteiger partial charge in [-0.1, -0.05) is 158 Å². The number of benzene rings is 6. The van der Waals surface area contributed by atoms with E-state index in [1.54, 1.807) is 0 Å². The standard InChI is InChI=1S/C43H26N4/c1-3-15-27(16-4-1)40-45-41(28-17-5-2-6-18-28)47-42(46-40)39-32-22-8-7-21-31(32)37-38(44-39)33-23-11-14-26-36(33)43(37)34-24-12-9-19-29(34)30-20-10-13-25-35(30)43/h1-26H. The first-order valence-electron chi connectivity index (χ1n) is 15.9. The number of aromatic nitrogens is 4. The minimum absolute atomic E-state index is 0.492. The largest absolute Gasteiger partial charge is 0.243 e. The van der Waals surface area contributed by atoms with Gasteiger partial charge in [-0.05, 0) is 33.2 Å². The predicted octanol–water partition coefficient (Wildman–Crippen LogP) is 9.76. The van der Waals surface area contributed by atoms with Gasteiger partial charge in [-0.2, -0.15) is 0 Å². The van der Waals surface area contributed by atoms with Gasteiger partial charge in [0, 0.05) is 27.6 Å². The van der Waals surface area contributed by atoms with Crippen LogP contribution in [0.25, 0.3) is 67.5 Å². The Labute approximate surface area is 272 Å². The van der Waals surface area contributed by atoms with Gasteiger partial charge in [-0.15, -0.1) is 0 Å². The van der Waals surface area contributed by atoms with Crippen LogP contribution in [0.4, 0.5) is 0 Å². The van der Waals surface area contributed by atoms with Gasteiger partial charge in [0.05, 0.1) is 11.1 Å². The van der Waals surface area contributed by atoms with Crippen molar-refractivity contribution in [2.45, 2.75) is 5.41 Å². The summed E-state index contributed by atoms with van der Waals surface area (Å²) < 4.78 is 0. The summed E-state index contributed by atoms with van der Waals surface area (Å²) in [6.07, 6.45) is 0. The van der Waals surface area contributed by atoms with Crippen LogP contribution in [0.3, 0.4) is 0 Å². The predicted molar refractivity (Wildman–Crippen MR) is 188 cm³/mol. The number of hydrogen-bond donors (Lipinski definition) is 0. The van der Waals surface area contributed by atoms with Crippen molar-refractivity contribution in [3.63, 3.8) is 0 Å². The molecule has 6 aromatic carbocycles. The van der Waals surface area contributed by atoms with E-state index in [1.807, 2.05) is 60.7 Å². The molecular weight excluding hydrogens is 573 g/mol. The molecule has 0 unspecified atom stereocenters. The summed E-state index contributed by atoms with van der Waals surface area (Å²) in [6, 6.07) is 55.4. The molecule has 47 heavy (non-hydrogen) atoms. The molecular formula is C43H26N4. The highest BCUT2D eigenvalue weighted by molar-refractivity contribution is 6.06. The molecule has 10 rings (SSSR count). The van der Waals surface area contributed by atoms with E-state index in [4.69, 9.17) is 19.9 Å². The van der Waals surface area contributed by atoms with E-state index >= 15 is 0 Å². The molecule has 1 spiro atoms. The highest BCUT2D eigenvalue weighted by Gasteiger charge is 2.53. The Morgan fingerprint density at radius 3 is 1.32 bits per heavy atom. The van der Waals surface area contributed by atoms with E-state index in [-0.39, 0.29) is 0 Å². The summed E-state index contributed by atoms with van der Waals surface area (Å²) in [5.41, 5.74) is 11.9. The van der Waals surface area contributed by atoms with Crippen LogP contribution in [0.2, 0.25) is 0 Å². The molecule has 0 atom stereocenters. The number of pyridine rings is 1. The third kappa shape index (κ3) is 3.58. The Bertz CT molecular complexity index is 2420. The Morgan fingerprint density at radius 1 is 0.319 bits per heavy atom. The van der Waals surface area contributed by atoms with Gasteiger partial charge in [0.15, 0.2) is 17.5 Å². The maximum absolute atomic E-state index is 5.57. The first kappa shape index (κ1) is 26.0. The molecule has 2 aliphatic rings. The zero-order chi connectivity index (χ0) is 31.0. The second-order valence-electron chi connectivity index (χ2n) is 12.2. The van der Waals surface area contributed by atoms with Crippen molar-refractivity contribution in [1.82, 2.24) is 19.9 Å². The van der Waals surface area contributed by atoms with Crippen molar-refractivity contribution >= 4 is 10.8 Å². The molecule has 2 aromatic heterocycles. The molecule has 2 heterocycles. The first-order chi connectivity index (χ1) is 23.3. The molecule has 4 heteroatoms. The maximum atomic E-state index is 5.57. The van der Waals surface area contributed by atoms with Crippen molar-refractivity contribution in [3.05, 3.63) is 180 Å². The van der Waals surface area contributed by atoms with Gasteiger partial charge >= 0.3 is 0 Å². The zero-order valence-electron chi connectivity index (χ0n) is 25.3. The summed E-state index contributed by atoms with van der Waals surface area (Å²) in [4.78, 5) is 20.7. The van der Waals surface area contributed by atoms with Gasteiger partial charge < -0.3 is 0 Å². The molecule has 4 nitrogen and oxygen atoms in total. The average Bonchev–Trinajstić information content (AvgIpc) is 3.62. The number of fused-ring (bicyclic) bond motifs is 12. The first-order valence-corrected chi connectivity index (χ1v) is 15.9. The van der Waals surface area contributed by atoms with E-state index in [1.165, 1.54) is 33.4 Å². The lowest BCUT2D eigenvalue weighted by Gasteiger charge is -2.31. The normalized spacial score (nSPS) is 13.3. The summed E-state index contributed by atoms with van der Waals surface area (Å²) >= 11 is 0. The molecule has 0 fully saturated rings. The zero-order valence-corrected chi connectivity index (χ0v) is 25.3. The van der Waals surface area contributed by atoms with E-state index in [0.29, 0.717) is 17.5 Å². The Hall–Kier alpha value is -6.26. The fourth-order valence-corrected chi connectivity index (χ4v) is 7.87. The molecule has 8 aromatic rings. The van der Waals surface area contributed by atoms with Gasteiger partial charge in [0.25, 0.3) is 0 Å². The van der Waals surface area contributed by atoms with Gasteiger partial charge in [0.2, 0.25) is 0 Å². The van der Waals surface area contributed by atoms with Crippen molar-refractivity contribution < 1.29 is 0 Å². The van der Waals surface area contributed by atoms with E-state index in [9.17, 15) is 0 Å². The Morgan fingerprint density at radius 2 is 0.745 bits per heavy atom. The summed E-state index contributed by atoms with van der Waals surface area (Å²) in [5.74, 6) is 1.80. The fourth-order valence-electron chi connectivity index (χ4n) is 7.87. The quantitative estimate of drug-likeness (QED) is 0.203. The maximum Gasteiger partial charge on any atom is 0.183 e. The van der Waals surface area contributed by atoms with Crippen molar-refractivity contribution in [1.29, 1.82) is 0 Å². The van der Waals surface area contributed by atoms with Crippen LogP contribution in [0.5, 0.6) is 0 Å². The lowest BCUT2D eigenvalue weighted by molar-refractivity contribution is 0.799. The topological polar surface area (TPSA) is 51.6 Å². The lowest BCUT2D eigenvalue weighted by atomic mass is 9.69. The third-order valence-electron chi connectivity index (χ3n) is 9.74. The fraction of sp³-hybridized carbons (Fsp3) is 0.0233. The van der Waals surface area contributed by atoms with Crippen LogP contribution in [0, 0.1) is 0 Å². The summed E-state index contributed by atoms with van der Waals surface area (Å²) in [5, 5.41) is 2.17. The molecule has 218 valence electrons. The monoisotopic (exact) mass is 598 g/mol. The molecule has 0 bridgehead atoms. The second-order valence-corrected chi connectivity index (χ2v) is 12.2. The second kappa shape index (κ2) is 9.87. The van der Waals surface area contributed by atoms with Crippen LogP contribution in [-0.2, 0) is 5.41 Å². The number of nitrogens with zero attached hydrogens (tertiary/aromatic N) is 4. The van der Waals surface area contributed by atoms with Crippen molar-refractivity contribution in [2.75, 3.05) is 0 Å². The molecule has 0 saturated heterocycles. The van der Waals surface area contributed by atoms with Crippen LogP contribution < -0.4 is 0 Å². The van der Waals surface area contributed by atoms with Crippen LogP contribution in [0.1, 0.15) is 22.3 Å². The minimum Gasteiger partial charge on any atom is -0.243 e. The van der Waals surface area contributed by atoms with E-state index in [2.05, 4.69) is 97.1 Å². The summed E-state index contributed by atoms with van der Waals surface area (Å²) in [7, 11) is 0. The highest BCUT2D eigenvalue weighted by Crippen LogP contribution is 2.63. The summed E-state index contributed by atoms with van der Waals surface area (Å²) in [6.45, 7) is 0. The Kier molecular flexibility index (Phi) is 5.46. The van der Waals surface area contributed by atoms with Crippen LogP contribution >= 0.6 is 0 Å². The SMILES string of the molecule is c1ccc(-c2nc(-c3ccccc3)nc(-c3nc4c(c5ccccc35)C3(c5ccccc5-c5ccccc53)c3ccccc3-4)n2)cc1. The van der Waals surface area contributed by atoms with E-state index in [0.717, 1.165) is 38.9 Å². The number of rotatable bonds is 3. The lowest BCUT2D eigenvalue weighted by Crippen LogP contribution is -2.26. The molecule has 0 saturated carbocycles. The van der Waals surface area contributed by atoms with Crippen molar-refractivity contribution in [2.24, 2.45) is 0 Å². The van der Waals surface area contributed by atoms with Crippen LogP contribution in [0.15, 0.2) is 158 Å². The third-order valence-corrected chi connectivity index (χ3v) is 9.74. The van der Waals surface area contributed by atoms with Gasteiger partial charge in [0.1, 0.15) is 5.69 Å². The molecule has 0 N–H and O–H groups in total. The highest BCUT2D eigenvalue weighted by atomic mass is 15.0. The minimum atomic E-state index is -0.492. The molecule has 0 radical (unpaired) electrons. The average molecular weight is 599 g/mol. The van der Waals surface area contributed by atoms with Gasteiger partial charge in [-0.25, -0.2) is 19.9 Å². The van der Waals surface area contributed by atoms with Crippen LogP contribution in [-0.4, -0.2) is 19.9 Å². The van der Waals surface area contributed by atoms with Crippen molar-refractivity contribution in [3.8, 4) is 56.7 Å². The van der Waals surface area contributed by atoms with E-state index < -0.39 is 5.41 Å². The smallest absolute Gasteiger partial charge is 0.183 e. The molecule has 2 aliphatic carbocycles. The molecule has 0 amide bonds. The number of hydrogen-bond acceptors (Lipinski definition) is 4.